The number of imidazole rings is 1. The predicted molar refractivity (Wildman–Crippen MR) is 133 cm³/mol. The van der Waals surface area contributed by atoms with Crippen molar-refractivity contribution in [2.45, 2.75) is 25.9 Å². The van der Waals surface area contributed by atoms with Crippen LogP contribution < -0.4 is 14.8 Å². The van der Waals surface area contributed by atoms with Crippen molar-refractivity contribution in [1.29, 1.82) is 0 Å². The molecule has 8 heteroatoms. The van der Waals surface area contributed by atoms with E-state index >= 15 is 0 Å². The number of rotatable bonds is 8. The van der Waals surface area contributed by atoms with Crippen molar-refractivity contribution in [3.8, 4) is 11.5 Å². The second-order valence-corrected chi connectivity index (χ2v) is 8.32. The number of benzene rings is 3. The average Bonchev–Trinajstić information content (AvgIpc) is 3.43. The van der Waals surface area contributed by atoms with Gasteiger partial charge in [0.15, 0.2) is 11.5 Å². The quantitative estimate of drug-likeness (QED) is 0.403. The number of anilines is 1. The Balaban J connectivity index is 1.45. The number of nitrogens with one attached hydrogen (secondary N) is 2. The number of amides is 2. The lowest BCUT2D eigenvalue weighted by Gasteiger charge is -2.27. The smallest absolute Gasteiger partial charge is 0.255 e. The Morgan fingerprint density at radius 3 is 2.69 bits per heavy atom. The fourth-order valence-electron chi connectivity index (χ4n) is 4.42. The van der Waals surface area contributed by atoms with E-state index in [1.54, 1.807) is 18.1 Å². The summed E-state index contributed by atoms with van der Waals surface area (Å²) in [5, 5.41) is 2.88. The van der Waals surface area contributed by atoms with Crippen LogP contribution in [0.4, 0.5) is 5.95 Å². The lowest BCUT2D eigenvalue weighted by molar-refractivity contribution is -0.120. The van der Waals surface area contributed by atoms with Crippen molar-refractivity contribution in [3.63, 3.8) is 0 Å². The Hall–Kier alpha value is -4.33. The van der Waals surface area contributed by atoms with Gasteiger partial charge in [0.2, 0.25) is 11.9 Å². The van der Waals surface area contributed by atoms with Crippen LogP contribution >= 0.6 is 0 Å². The van der Waals surface area contributed by atoms with E-state index in [0.29, 0.717) is 42.6 Å². The van der Waals surface area contributed by atoms with E-state index in [9.17, 15) is 9.59 Å². The summed E-state index contributed by atoms with van der Waals surface area (Å²) in [6.45, 7) is 2.78. The van der Waals surface area contributed by atoms with E-state index in [2.05, 4.69) is 15.3 Å². The summed E-state index contributed by atoms with van der Waals surface area (Å²) in [6.07, 6.45) is 0.300. The first-order valence-corrected chi connectivity index (χ1v) is 11.5. The van der Waals surface area contributed by atoms with Gasteiger partial charge in [-0.25, -0.2) is 4.98 Å². The minimum absolute atomic E-state index is 0.164. The van der Waals surface area contributed by atoms with E-state index in [1.807, 2.05) is 67.6 Å². The highest BCUT2D eigenvalue weighted by molar-refractivity contribution is 6.03. The first-order chi connectivity index (χ1) is 17.1. The predicted octanol–water partition coefficient (Wildman–Crippen LogP) is 4.18. The molecule has 0 bridgehead atoms. The fraction of sp³-hybridized carbons (Fsp3) is 0.222. The monoisotopic (exact) mass is 470 g/mol. The number of carbonyl (C=O) groups is 2. The third-order valence-corrected chi connectivity index (χ3v) is 6.12. The number of aromatic nitrogens is 2. The lowest BCUT2D eigenvalue weighted by Crippen LogP contribution is -2.45. The molecule has 35 heavy (non-hydrogen) atoms. The maximum Gasteiger partial charge on any atom is 0.255 e. The van der Waals surface area contributed by atoms with Crippen LogP contribution in [0.2, 0.25) is 0 Å². The van der Waals surface area contributed by atoms with Gasteiger partial charge >= 0.3 is 0 Å². The Bertz CT molecular complexity index is 1360. The van der Waals surface area contributed by atoms with Crippen LogP contribution in [-0.2, 0) is 17.8 Å². The van der Waals surface area contributed by atoms with E-state index in [1.165, 1.54) is 0 Å². The van der Waals surface area contributed by atoms with Crippen LogP contribution in [0.5, 0.6) is 11.5 Å². The minimum Gasteiger partial charge on any atom is -0.493 e. The normalized spacial score (nSPS) is 13.5. The maximum atomic E-state index is 13.6. The molecule has 4 aromatic rings. The number of fused-ring (bicyclic) bond motifs is 2. The molecule has 178 valence electrons. The fourth-order valence-corrected chi connectivity index (χ4v) is 4.42. The van der Waals surface area contributed by atoms with Gasteiger partial charge in [-0.1, -0.05) is 36.4 Å². The number of hydrogen-bond donors (Lipinski definition) is 2. The molecule has 0 saturated carbocycles. The van der Waals surface area contributed by atoms with Crippen molar-refractivity contribution in [3.05, 3.63) is 83.4 Å². The second kappa shape index (κ2) is 9.50. The second-order valence-electron chi connectivity index (χ2n) is 8.32. The number of carbonyl (C=O) groups excluding carboxylic acids is 2. The number of methoxy groups -OCH3 is 1. The van der Waals surface area contributed by atoms with Gasteiger partial charge in [0.1, 0.15) is 6.04 Å². The number of H-pyrrole nitrogens is 1. The van der Waals surface area contributed by atoms with Gasteiger partial charge in [-0.05, 0) is 48.4 Å². The number of para-hydroxylation sites is 2. The molecule has 1 atom stereocenters. The van der Waals surface area contributed by atoms with Gasteiger partial charge in [-0.3, -0.25) is 14.9 Å². The molecule has 5 rings (SSSR count). The highest BCUT2D eigenvalue weighted by atomic mass is 16.5. The van der Waals surface area contributed by atoms with Gasteiger partial charge in [0.25, 0.3) is 5.91 Å². The van der Waals surface area contributed by atoms with Crippen LogP contribution in [0.15, 0.2) is 66.7 Å². The molecule has 0 saturated heterocycles. The molecule has 0 radical (unpaired) electrons. The zero-order valence-corrected chi connectivity index (χ0v) is 19.6. The molecule has 1 aromatic heterocycles. The van der Waals surface area contributed by atoms with E-state index in [-0.39, 0.29) is 11.8 Å². The Morgan fingerprint density at radius 2 is 1.91 bits per heavy atom. The van der Waals surface area contributed by atoms with Crippen molar-refractivity contribution >= 4 is 28.8 Å². The van der Waals surface area contributed by atoms with Crippen LogP contribution in [0.25, 0.3) is 11.0 Å². The van der Waals surface area contributed by atoms with Crippen LogP contribution in [0.1, 0.15) is 28.4 Å². The molecule has 2 N–H and O–H groups in total. The van der Waals surface area contributed by atoms with Gasteiger partial charge in [0, 0.05) is 18.5 Å². The standard InChI is InChI=1S/C27H26N4O4/c1-3-35-23-13-12-17(15-24(23)34-2)14-22(31-16-18-8-4-5-9-19(18)26(31)33)25(32)30-27-28-20-10-6-7-11-21(20)29-27/h4-13,15,22H,3,14,16H2,1-2H3,(H2,28,29,30,32). The van der Waals surface area contributed by atoms with Gasteiger partial charge < -0.3 is 19.4 Å². The number of hydrogen-bond acceptors (Lipinski definition) is 5. The molecule has 2 amide bonds. The summed E-state index contributed by atoms with van der Waals surface area (Å²) in [5.41, 5.74) is 3.95. The SMILES string of the molecule is CCOc1ccc(CC(C(=O)Nc2nc3ccccc3[nH]2)N2Cc3ccccc3C2=O)cc1OC. The summed E-state index contributed by atoms with van der Waals surface area (Å²) < 4.78 is 11.1. The van der Waals surface area contributed by atoms with Crippen molar-refractivity contribution in [1.82, 2.24) is 14.9 Å². The molecule has 8 nitrogen and oxygen atoms in total. The Kier molecular flexibility index (Phi) is 6.10. The molecule has 1 aliphatic heterocycles. The van der Waals surface area contributed by atoms with Gasteiger partial charge in [0.05, 0.1) is 24.8 Å². The molecule has 1 aliphatic rings. The van der Waals surface area contributed by atoms with E-state index in [0.717, 1.165) is 22.2 Å². The zero-order chi connectivity index (χ0) is 24.4. The molecule has 0 spiro atoms. The largest absolute Gasteiger partial charge is 0.493 e. The molecule has 1 unspecified atom stereocenters. The first-order valence-electron chi connectivity index (χ1n) is 11.5. The highest BCUT2D eigenvalue weighted by Crippen LogP contribution is 2.31. The van der Waals surface area contributed by atoms with Gasteiger partial charge in [-0.15, -0.1) is 0 Å². The first kappa shape index (κ1) is 22.5. The Labute approximate surface area is 202 Å². The average molecular weight is 471 g/mol. The number of nitrogens with zero attached hydrogens (tertiary/aromatic N) is 2. The maximum absolute atomic E-state index is 13.6. The molecule has 0 aliphatic carbocycles. The number of ether oxygens (including phenoxy) is 2. The minimum atomic E-state index is -0.759. The van der Waals surface area contributed by atoms with E-state index in [4.69, 9.17) is 9.47 Å². The molecular formula is C27H26N4O4. The summed E-state index contributed by atoms with van der Waals surface area (Å²) in [5.74, 6) is 1.07. The van der Waals surface area contributed by atoms with Crippen LogP contribution in [-0.4, -0.2) is 46.4 Å². The summed E-state index contributed by atoms with van der Waals surface area (Å²) in [4.78, 5) is 36.0. The van der Waals surface area contributed by atoms with Crippen LogP contribution in [0, 0.1) is 0 Å². The van der Waals surface area contributed by atoms with Crippen molar-refractivity contribution < 1.29 is 19.1 Å². The van der Waals surface area contributed by atoms with E-state index < -0.39 is 6.04 Å². The van der Waals surface area contributed by atoms with Gasteiger partial charge in [-0.2, -0.15) is 0 Å². The lowest BCUT2D eigenvalue weighted by atomic mass is 10.0. The number of aromatic amines is 1. The third kappa shape index (κ3) is 4.42. The summed E-state index contributed by atoms with van der Waals surface area (Å²) in [6, 6.07) is 19.8. The zero-order valence-electron chi connectivity index (χ0n) is 19.6. The molecule has 3 aromatic carbocycles. The summed E-state index contributed by atoms with van der Waals surface area (Å²) >= 11 is 0. The van der Waals surface area contributed by atoms with Crippen molar-refractivity contribution in [2.75, 3.05) is 19.0 Å². The topological polar surface area (TPSA) is 96.5 Å². The Morgan fingerprint density at radius 1 is 1.11 bits per heavy atom. The molecule has 0 fully saturated rings. The third-order valence-electron chi connectivity index (χ3n) is 6.12. The highest BCUT2D eigenvalue weighted by Gasteiger charge is 2.36. The molecule has 2 heterocycles. The summed E-state index contributed by atoms with van der Waals surface area (Å²) in [7, 11) is 1.58. The van der Waals surface area contributed by atoms with Crippen molar-refractivity contribution in [2.24, 2.45) is 0 Å². The van der Waals surface area contributed by atoms with Crippen LogP contribution in [0.3, 0.4) is 0 Å². The molecular weight excluding hydrogens is 444 g/mol.